The molecule has 0 saturated carbocycles. The molecule has 0 aliphatic carbocycles. The summed E-state index contributed by atoms with van der Waals surface area (Å²) in [4.78, 5) is 11.5. The van der Waals surface area contributed by atoms with Crippen LogP contribution in [0.25, 0.3) is 0 Å². The predicted molar refractivity (Wildman–Crippen MR) is 66.7 cm³/mol. The number of anilines is 1. The Morgan fingerprint density at radius 1 is 1.56 bits per heavy atom. The maximum atomic E-state index is 13.3. The van der Waals surface area contributed by atoms with E-state index in [1.54, 1.807) is 13.0 Å². The van der Waals surface area contributed by atoms with Crippen molar-refractivity contribution in [2.24, 2.45) is 11.7 Å². The number of hydrogen-bond acceptors (Lipinski definition) is 3. The van der Waals surface area contributed by atoms with Crippen molar-refractivity contribution in [2.75, 3.05) is 18.5 Å². The average molecular weight is 252 g/mol. The lowest BCUT2D eigenvalue weighted by atomic mass is 9.98. The molecule has 1 saturated heterocycles. The Kier molecular flexibility index (Phi) is 3.81. The van der Waals surface area contributed by atoms with Gasteiger partial charge in [0, 0.05) is 18.2 Å². The number of primary amides is 1. The lowest BCUT2D eigenvalue weighted by Gasteiger charge is -2.22. The summed E-state index contributed by atoms with van der Waals surface area (Å²) in [5.74, 6) is -0.720. The van der Waals surface area contributed by atoms with Crippen molar-refractivity contribution in [1.29, 1.82) is 0 Å². The summed E-state index contributed by atoms with van der Waals surface area (Å²) in [6.07, 6.45) is 0.787. The van der Waals surface area contributed by atoms with Crippen LogP contribution < -0.4 is 11.1 Å². The highest BCUT2D eigenvalue weighted by atomic mass is 19.1. The fourth-order valence-electron chi connectivity index (χ4n) is 2.24. The molecule has 18 heavy (non-hydrogen) atoms. The van der Waals surface area contributed by atoms with Gasteiger partial charge in [-0.1, -0.05) is 0 Å². The fraction of sp³-hybridized carbons (Fsp3) is 0.462. The minimum Gasteiger partial charge on any atom is -0.381 e. The van der Waals surface area contributed by atoms with Crippen LogP contribution in [-0.2, 0) is 9.53 Å². The normalized spacial score (nSPS) is 20.7. The van der Waals surface area contributed by atoms with E-state index in [4.69, 9.17) is 10.5 Å². The van der Waals surface area contributed by atoms with Crippen molar-refractivity contribution < 1.29 is 13.9 Å². The van der Waals surface area contributed by atoms with Crippen LogP contribution in [0.4, 0.5) is 10.1 Å². The molecule has 1 aromatic rings. The summed E-state index contributed by atoms with van der Waals surface area (Å²) >= 11 is 0. The van der Waals surface area contributed by atoms with E-state index in [9.17, 15) is 9.18 Å². The third-order valence-corrected chi connectivity index (χ3v) is 3.11. The highest BCUT2D eigenvalue weighted by Crippen LogP contribution is 2.21. The van der Waals surface area contributed by atoms with Gasteiger partial charge < -0.3 is 15.8 Å². The van der Waals surface area contributed by atoms with Crippen LogP contribution in [0.5, 0.6) is 0 Å². The Morgan fingerprint density at radius 3 is 2.89 bits per heavy atom. The number of nitrogens with one attached hydrogen (secondary N) is 1. The SMILES string of the molecule is Cc1cc(F)cc(NC(C(N)=O)C2CCOC2)c1. The van der Waals surface area contributed by atoms with Gasteiger partial charge in [-0.15, -0.1) is 0 Å². The first kappa shape index (κ1) is 12.8. The summed E-state index contributed by atoms with van der Waals surface area (Å²) in [5, 5.41) is 3.01. The molecule has 2 atom stereocenters. The number of amides is 1. The van der Waals surface area contributed by atoms with Crippen LogP contribution in [0.15, 0.2) is 18.2 Å². The quantitative estimate of drug-likeness (QED) is 0.852. The first-order valence-corrected chi connectivity index (χ1v) is 5.97. The van der Waals surface area contributed by atoms with Crippen LogP contribution in [0.3, 0.4) is 0 Å². The van der Waals surface area contributed by atoms with Crippen LogP contribution in [0, 0.1) is 18.7 Å². The topological polar surface area (TPSA) is 64.3 Å². The first-order valence-electron chi connectivity index (χ1n) is 5.97. The Balaban J connectivity index is 2.15. The largest absolute Gasteiger partial charge is 0.381 e. The third-order valence-electron chi connectivity index (χ3n) is 3.11. The predicted octanol–water partition coefficient (Wildman–Crippen LogP) is 1.44. The Morgan fingerprint density at radius 2 is 2.33 bits per heavy atom. The van der Waals surface area contributed by atoms with Gasteiger partial charge in [0.15, 0.2) is 0 Å². The number of benzene rings is 1. The number of aryl methyl sites for hydroxylation is 1. The van der Waals surface area contributed by atoms with Gasteiger partial charge in [-0.3, -0.25) is 4.79 Å². The monoisotopic (exact) mass is 252 g/mol. The van der Waals surface area contributed by atoms with Crippen molar-refractivity contribution in [3.05, 3.63) is 29.6 Å². The van der Waals surface area contributed by atoms with Gasteiger partial charge in [-0.2, -0.15) is 0 Å². The molecule has 98 valence electrons. The van der Waals surface area contributed by atoms with E-state index in [0.29, 0.717) is 18.9 Å². The Bertz CT molecular complexity index is 424. The first-order chi connectivity index (χ1) is 8.56. The Labute approximate surface area is 105 Å². The molecule has 0 bridgehead atoms. The molecule has 0 aromatic heterocycles. The minimum absolute atomic E-state index is 0.0473. The molecule has 3 N–H and O–H groups in total. The number of halogens is 1. The smallest absolute Gasteiger partial charge is 0.240 e. The van der Waals surface area contributed by atoms with E-state index in [2.05, 4.69) is 5.32 Å². The zero-order chi connectivity index (χ0) is 13.1. The second-order valence-corrected chi connectivity index (χ2v) is 4.67. The van der Waals surface area contributed by atoms with Gasteiger partial charge in [-0.05, 0) is 37.1 Å². The van der Waals surface area contributed by atoms with Crippen molar-refractivity contribution >= 4 is 11.6 Å². The fourth-order valence-corrected chi connectivity index (χ4v) is 2.24. The lowest BCUT2D eigenvalue weighted by molar-refractivity contribution is -0.119. The second kappa shape index (κ2) is 5.35. The molecule has 0 spiro atoms. The number of nitrogens with two attached hydrogens (primary N) is 1. The van der Waals surface area contributed by atoms with Gasteiger partial charge in [0.2, 0.25) is 5.91 Å². The third kappa shape index (κ3) is 2.98. The van der Waals surface area contributed by atoms with E-state index >= 15 is 0 Å². The van der Waals surface area contributed by atoms with Gasteiger partial charge in [0.05, 0.1) is 6.61 Å². The number of ether oxygens (including phenoxy) is 1. The van der Waals surface area contributed by atoms with Crippen molar-refractivity contribution in [3.63, 3.8) is 0 Å². The molecule has 1 aliphatic heterocycles. The van der Waals surface area contributed by atoms with E-state index in [1.807, 2.05) is 0 Å². The maximum absolute atomic E-state index is 13.3. The molecule has 1 amide bonds. The van der Waals surface area contributed by atoms with Crippen LogP contribution in [-0.4, -0.2) is 25.2 Å². The van der Waals surface area contributed by atoms with Gasteiger partial charge >= 0.3 is 0 Å². The maximum Gasteiger partial charge on any atom is 0.240 e. The highest BCUT2D eigenvalue weighted by Gasteiger charge is 2.29. The summed E-state index contributed by atoms with van der Waals surface area (Å²) in [7, 11) is 0. The van der Waals surface area contributed by atoms with Gasteiger partial charge in [0.1, 0.15) is 11.9 Å². The Hall–Kier alpha value is -1.62. The van der Waals surface area contributed by atoms with Crippen LogP contribution >= 0.6 is 0 Å². The van der Waals surface area contributed by atoms with E-state index in [-0.39, 0.29) is 11.7 Å². The minimum atomic E-state index is -0.520. The summed E-state index contributed by atoms with van der Waals surface area (Å²) < 4.78 is 18.5. The highest BCUT2D eigenvalue weighted by molar-refractivity contribution is 5.83. The van der Waals surface area contributed by atoms with Crippen LogP contribution in [0.1, 0.15) is 12.0 Å². The summed E-state index contributed by atoms with van der Waals surface area (Å²) in [5.41, 5.74) is 6.76. The molecule has 4 nitrogen and oxygen atoms in total. The molecule has 1 aromatic carbocycles. The van der Waals surface area contributed by atoms with Crippen molar-refractivity contribution in [3.8, 4) is 0 Å². The van der Waals surface area contributed by atoms with Gasteiger partial charge in [0.25, 0.3) is 0 Å². The number of rotatable bonds is 4. The summed E-state index contributed by atoms with van der Waals surface area (Å²) in [6.45, 7) is 2.94. The molecule has 0 radical (unpaired) electrons. The van der Waals surface area contributed by atoms with E-state index in [0.717, 1.165) is 12.0 Å². The zero-order valence-electron chi connectivity index (χ0n) is 10.3. The standard InChI is InChI=1S/C13H17FN2O2/c1-8-4-10(14)6-11(5-8)16-12(13(15)17)9-2-3-18-7-9/h4-6,9,12,16H,2-3,7H2,1H3,(H2,15,17). The molecule has 5 heteroatoms. The van der Waals surface area contributed by atoms with Gasteiger partial charge in [-0.25, -0.2) is 4.39 Å². The lowest BCUT2D eigenvalue weighted by Crippen LogP contribution is -2.41. The zero-order valence-corrected chi connectivity index (χ0v) is 10.3. The van der Waals surface area contributed by atoms with Crippen LogP contribution in [0.2, 0.25) is 0 Å². The molecule has 2 rings (SSSR count). The molecular formula is C13H17FN2O2. The molecule has 1 fully saturated rings. The second-order valence-electron chi connectivity index (χ2n) is 4.67. The summed E-state index contributed by atoms with van der Waals surface area (Å²) in [6, 6.07) is 4.06. The number of carbonyl (C=O) groups excluding carboxylic acids is 1. The van der Waals surface area contributed by atoms with E-state index < -0.39 is 11.9 Å². The molecule has 2 unspecified atom stereocenters. The van der Waals surface area contributed by atoms with Crippen molar-refractivity contribution in [1.82, 2.24) is 0 Å². The number of hydrogen-bond donors (Lipinski definition) is 2. The van der Waals surface area contributed by atoms with Crippen molar-refractivity contribution in [2.45, 2.75) is 19.4 Å². The molecule has 1 heterocycles. The molecule has 1 aliphatic rings. The average Bonchev–Trinajstić information content (AvgIpc) is 2.77. The number of carbonyl (C=O) groups is 1. The van der Waals surface area contributed by atoms with E-state index in [1.165, 1.54) is 12.1 Å². The molecular weight excluding hydrogens is 235 g/mol.